The smallest absolute Gasteiger partial charge is 0.232 e. The highest BCUT2D eigenvalue weighted by molar-refractivity contribution is 9.10. The topological polar surface area (TPSA) is 64.9 Å². The fourth-order valence-electron chi connectivity index (χ4n) is 1.58. The number of anilines is 2. The zero-order valence-electron chi connectivity index (χ0n) is 10.4. The predicted molar refractivity (Wildman–Crippen MR) is 72.2 cm³/mol. The Hall–Kier alpha value is -1.63. The summed E-state index contributed by atoms with van der Waals surface area (Å²) in [5, 5.41) is 7.48. The number of aryl methyl sites for hydroxylation is 2. The van der Waals surface area contributed by atoms with Crippen molar-refractivity contribution in [2.45, 2.75) is 13.3 Å². The molecule has 6 nitrogen and oxygen atoms in total. The van der Waals surface area contributed by atoms with Crippen molar-refractivity contribution >= 4 is 27.6 Å². The van der Waals surface area contributed by atoms with Gasteiger partial charge in [0.15, 0.2) is 0 Å². The van der Waals surface area contributed by atoms with Crippen LogP contribution >= 0.6 is 15.9 Å². The van der Waals surface area contributed by atoms with Gasteiger partial charge in [0.05, 0.1) is 29.2 Å². The zero-order chi connectivity index (χ0) is 13.1. The summed E-state index contributed by atoms with van der Waals surface area (Å²) < 4.78 is 7.61. The molecule has 0 saturated carbocycles. The van der Waals surface area contributed by atoms with Crippen molar-refractivity contribution in [1.82, 2.24) is 19.7 Å². The van der Waals surface area contributed by atoms with Crippen LogP contribution in [0.15, 0.2) is 16.9 Å². The Balaban J connectivity index is 2.28. The largest absolute Gasteiger partial charge is 0.480 e. The maximum Gasteiger partial charge on any atom is 0.232 e. The van der Waals surface area contributed by atoms with E-state index in [-0.39, 0.29) is 0 Å². The van der Waals surface area contributed by atoms with Gasteiger partial charge in [-0.05, 0) is 22.4 Å². The molecule has 2 heterocycles. The van der Waals surface area contributed by atoms with Gasteiger partial charge in [0.25, 0.3) is 0 Å². The second-order valence-electron chi connectivity index (χ2n) is 3.69. The number of nitrogens with one attached hydrogen (secondary N) is 1. The Kier molecular flexibility index (Phi) is 3.81. The minimum Gasteiger partial charge on any atom is -0.480 e. The number of ether oxygens (including phenoxy) is 1. The van der Waals surface area contributed by atoms with Gasteiger partial charge in [-0.3, -0.25) is 4.68 Å². The summed E-state index contributed by atoms with van der Waals surface area (Å²) in [6.45, 7) is 2.05. The predicted octanol–water partition coefficient (Wildman–Crippen LogP) is 2.29. The van der Waals surface area contributed by atoms with Crippen LogP contribution in [-0.4, -0.2) is 26.9 Å². The molecule has 0 bridgehead atoms. The van der Waals surface area contributed by atoms with Gasteiger partial charge in [0, 0.05) is 13.2 Å². The van der Waals surface area contributed by atoms with E-state index < -0.39 is 0 Å². The molecule has 0 radical (unpaired) electrons. The van der Waals surface area contributed by atoms with E-state index in [4.69, 9.17) is 4.74 Å². The number of aromatic nitrogens is 4. The summed E-state index contributed by atoms with van der Waals surface area (Å²) in [5.74, 6) is 0.979. The molecule has 18 heavy (non-hydrogen) atoms. The summed E-state index contributed by atoms with van der Waals surface area (Å²) in [6, 6.07) is 0. The standard InChI is InChI=1S/C11H14BrN5O/c1-4-8-9(6-17(2)16-8)14-11-13-5-7(12)10(15-11)18-3/h5-6H,4H2,1-3H3,(H,13,14,15). The number of hydrogen-bond donors (Lipinski definition) is 1. The van der Waals surface area contributed by atoms with Gasteiger partial charge < -0.3 is 10.1 Å². The first-order chi connectivity index (χ1) is 8.63. The lowest BCUT2D eigenvalue weighted by atomic mass is 10.3. The highest BCUT2D eigenvalue weighted by atomic mass is 79.9. The molecule has 0 aliphatic carbocycles. The number of nitrogens with zero attached hydrogens (tertiary/aromatic N) is 4. The third kappa shape index (κ3) is 2.61. The molecule has 0 aromatic carbocycles. The quantitative estimate of drug-likeness (QED) is 0.938. The lowest BCUT2D eigenvalue weighted by Crippen LogP contribution is -2.00. The summed E-state index contributed by atoms with van der Waals surface area (Å²) in [7, 11) is 3.45. The van der Waals surface area contributed by atoms with Crippen LogP contribution in [0.5, 0.6) is 5.88 Å². The molecule has 0 atom stereocenters. The van der Waals surface area contributed by atoms with Crippen molar-refractivity contribution in [1.29, 1.82) is 0 Å². The van der Waals surface area contributed by atoms with Crippen molar-refractivity contribution in [3.8, 4) is 5.88 Å². The molecular weight excluding hydrogens is 298 g/mol. The second-order valence-corrected chi connectivity index (χ2v) is 4.55. The van der Waals surface area contributed by atoms with Crippen molar-refractivity contribution in [2.75, 3.05) is 12.4 Å². The summed E-state index contributed by atoms with van der Waals surface area (Å²) in [6.07, 6.45) is 4.39. The van der Waals surface area contributed by atoms with Crippen LogP contribution in [0.4, 0.5) is 11.6 Å². The molecule has 0 aliphatic rings. The molecule has 1 N–H and O–H groups in total. The number of rotatable bonds is 4. The average Bonchev–Trinajstić information content (AvgIpc) is 2.72. The van der Waals surface area contributed by atoms with Gasteiger partial charge in [-0.25, -0.2) is 4.98 Å². The average molecular weight is 312 g/mol. The molecule has 2 rings (SSSR count). The molecule has 0 amide bonds. The van der Waals surface area contributed by atoms with Gasteiger partial charge in [-0.15, -0.1) is 0 Å². The van der Waals surface area contributed by atoms with Crippen LogP contribution < -0.4 is 10.1 Å². The van der Waals surface area contributed by atoms with E-state index in [1.165, 1.54) is 0 Å². The lowest BCUT2D eigenvalue weighted by Gasteiger charge is -2.06. The van der Waals surface area contributed by atoms with E-state index in [9.17, 15) is 0 Å². The Morgan fingerprint density at radius 1 is 1.50 bits per heavy atom. The van der Waals surface area contributed by atoms with E-state index in [1.807, 2.05) is 13.2 Å². The fraction of sp³-hybridized carbons (Fsp3) is 0.364. The third-order valence-corrected chi connectivity index (χ3v) is 2.94. The highest BCUT2D eigenvalue weighted by Crippen LogP contribution is 2.24. The molecule has 0 saturated heterocycles. The first-order valence-corrected chi connectivity index (χ1v) is 6.29. The van der Waals surface area contributed by atoms with Crippen LogP contribution in [0.25, 0.3) is 0 Å². The SMILES string of the molecule is CCc1nn(C)cc1Nc1ncc(Br)c(OC)n1. The molecule has 2 aromatic rings. The van der Waals surface area contributed by atoms with E-state index in [0.717, 1.165) is 22.3 Å². The molecule has 0 spiro atoms. The number of hydrogen-bond acceptors (Lipinski definition) is 5. The minimum absolute atomic E-state index is 0.484. The first kappa shape index (κ1) is 12.8. The number of halogens is 1. The van der Waals surface area contributed by atoms with E-state index in [1.54, 1.807) is 18.0 Å². The van der Waals surface area contributed by atoms with Crippen molar-refractivity contribution in [3.63, 3.8) is 0 Å². The molecule has 2 aromatic heterocycles. The van der Waals surface area contributed by atoms with Crippen LogP contribution in [0, 0.1) is 0 Å². The molecule has 0 fully saturated rings. The van der Waals surface area contributed by atoms with Crippen LogP contribution in [-0.2, 0) is 13.5 Å². The zero-order valence-corrected chi connectivity index (χ0v) is 12.0. The maximum absolute atomic E-state index is 5.13. The Morgan fingerprint density at radius 3 is 2.94 bits per heavy atom. The van der Waals surface area contributed by atoms with E-state index in [2.05, 4.69) is 43.2 Å². The van der Waals surface area contributed by atoms with Gasteiger partial charge in [0.2, 0.25) is 11.8 Å². The lowest BCUT2D eigenvalue weighted by molar-refractivity contribution is 0.394. The first-order valence-electron chi connectivity index (χ1n) is 5.50. The molecule has 0 aliphatic heterocycles. The molecule has 0 unspecified atom stereocenters. The highest BCUT2D eigenvalue weighted by Gasteiger charge is 2.09. The third-order valence-electron chi connectivity index (χ3n) is 2.39. The number of methoxy groups -OCH3 is 1. The van der Waals surface area contributed by atoms with Crippen molar-refractivity contribution < 1.29 is 4.74 Å². The second kappa shape index (κ2) is 5.34. The summed E-state index contributed by atoms with van der Waals surface area (Å²) >= 11 is 3.31. The van der Waals surface area contributed by atoms with Crippen molar-refractivity contribution in [3.05, 3.63) is 22.6 Å². The minimum atomic E-state index is 0.484. The van der Waals surface area contributed by atoms with Gasteiger partial charge in [-0.1, -0.05) is 6.92 Å². The van der Waals surface area contributed by atoms with Crippen LogP contribution in [0.3, 0.4) is 0 Å². The van der Waals surface area contributed by atoms with Gasteiger partial charge in [-0.2, -0.15) is 10.1 Å². The summed E-state index contributed by atoms with van der Waals surface area (Å²) in [5.41, 5.74) is 1.88. The van der Waals surface area contributed by atoms with Crippen LogP contribution in [0.2, 0.25) is 0 Å². The van der Waals surface area contributed by atoms with E-state index >= 15 is 0 Å². The Bertz CT molecular complexity index is 554. The van der Waals surface area contributed by atoms with Crippen molar-refractivity contribution in [2.24, 2.45) is 7.05 Å². The monoisotopic (exact) mass is 311 g/mol. The molecule has 7 heteroatoms. The fourth-order valence-corrected chi connectivity index (χ4v) is 1.93. The normalized spacial score (nSPS) is 10.4. The van der Waals surface area contributed by atoms with Gasteiger partial charge >= 0.3 is 0 Å². The summed E-state index contributed by atoms with van der Waals surface area (Å²) in [4.78, 5) is 8.42. The Morgan fingerprint density at radius 2 is 2.28 bits per heavy atom. The maximum atomic E-state index is 5.13. The van der Waals surface area contributed by atoms with E-state index in [0.29, 0.717) is 11.8 Å². The Labute approximate surface area is 114 Å². The van der Waals surface area contributed by atoms with Gasteiger partial charge in [0.1, 0.15) is 0 Å². The molecule has 96 valence electrons. The van der Waals surface area contributed by atoms with Crippen LogP contribution in [0.1, 0.15) is 12.6 Å². The molecular formula is C11H14BrN5O.